The molecular weight excluding hydrogens is 250 g/mol. The van der Waals surface area contributed by atoms with Crippen molar-refractivity contribution in [2.75, 3.05) is 31.1 Å². The Labute approximate surface area is 121 Å². The fourth-order valence-electron chi connectivity index (χ4n) is 2.92. The maximum atomic E-state index is 9.94. The second-order valence-electron chi connectivity index (χ2n) is 5.48. The Morgan fingerprint density at radius 1 is 1.45 bits per heavy atom. The lowest BCUT2D eigenvalue weighted by Crippen LogP contribution is -2.52. The van der Waals surface area contributed by atoms with Gasteiger partial charge in [-0.2, -0.15) is 5.26 Å². The summed E-state index contributed by atoms with van der Waals surface area (Å²) in [6.07, 6.45) is -0.516. The Morgan fingerprint density at radius 3 is 2.75 bits per heavy atom. The lowest BCUT2D eigenvalue weighted by Gasteiger charge is -2.41. The van der Waals surface area contributed by atoms with Crippen LogP contribution in [0.5, 0.6) is 0 Å². The normalized spacial score (nSPS) is 21.6. The van der Waals surface area contributed by atoms with Crippen LogP contribution in [-0.4, -0.2) is 42.2 Å². The van der Waals surface area contributed by atoms with Crippen LogP contribution in [0.4, 0.5) is 5.69 Å². The summed E-state index contributed by atoms with van der Waals surface area (Å²) >= 11 is 0. The first-order valence-corrected chi connectivity index (χ1v) is 7.28. The molecule has 1 aromatic rings. The Bertz CT molecular complexity index is 507. The molecule has 0 saturated carbocycles. The van der Waals surface area contributed by atoms with Gasteiger partial charge in [0.05, 0.1) is 17.7 Å². The van der Waals surface area contributed by atoms with Crippen LogP contribution in [0.3, 0.4) is 0 Å². The summed E-state index contributed by atoms with van der Waals surface area (Å²) < 4.78 is 0. The second-order valence-corrected chi connectivity index (χ2v) is 5.48. The minimum Gasteiger partial charge on any atom is -0.389 e. The van der Waals surface area contributed by atoms with Gasteiger partial charge in [0.15, 0.2) is 0 Å². The van der Waals surface area contributed by atoms with E-state index in [-0.39, 0.29) is 0 Å². The number of nitriles is 1. The molecule has 4 heteroatoms. The van der Waals surface area contributed by atoms with Crippen molar-refractivity contribution in [2.45, 2.75) is 32.9 Å². The van der Waals surface area contributed by atoms with Crippen molar-refractivity contribution in [3.05, 3.63) is 29.3 Å². The maximum Gasteiger partial charge on any atom is 0.0992 e. The molecule has 2 rings (SSSR count). The van der Waals surface area contributed by atoms with Crippen molar-refractivity contribution in [3.8, 4) is 6.07 Å². The van der Waals surface area contributed by atoms with Crippen LogP contribution in [0, 0.1) is 11.3 Å². The Kier molecular flexibility index (Phi) is 4.64. The van der Waals surface area contributed by atoms with E-state index in [1.165, 1.54) is 0 Å². The third-order valence-electron chi connectivity index (χ3n) is 4.12. The molecule has 0 radical (unpaired) electrons. The summed E-state index contributed by atoms with van der Waals surface area (Å²) in [5.41, 5.74) is 2.55. The molecule has 1 saturated heterocycles. The zero-order valence-corrected chi connectivity index (χ0v) is 12.5. The molecule has 1 aliphatic rings. The first kappa shape index (κ1) is 14.8. The van der Waals surface area contributed by atoms with Gasteiger partial charge in [0.25, 0.3) is 0 Å². The number of aliphatic hydroxyl groups is 1. The third kappa shape index (κ3) is 2.95. The van der Waals surface area contributed by atoms with E-state index in [4.69, 9.17) is 5.26 Å². The highest BCUT2D eigenvalue weighted by atomic mass is 16.3. The van der Waals surface area contributed by atoms with Crippen molar-refractivity contribution in [1.82, 2.24) is 4.90 Å². The zero-order chi connectivity index (χ0) is 14.7. The van der Waals surface area contributed by atoms with Crippen molar-refractivity contribution >= 4 is 5.69 Å². The molecule has 0 spiro atoms. The minimum absolute atomic E-state index is 0.487. The van der Waals surface area contributed by atoms with Crippen LogP contribution in [0.25, 0.3) is 0 Å². The predicted molar refractivity (Wildman–Crippen MR) is 80.7 cm³/mol. The number of likely N-dealkylation sites (N-methyl/N-ethyl adjacent to an activating group) is 1. The average Bonchev–Trinajstić information content (AvgIpc) is 2.46. The van der Waals surface area contributed by atoms with Crippen molar-refractivity contribution in [3.63, 3.8) is 0 Å². The fourth-order valence-corrected chi connectivity index (χ4v) is 2.92. The van der Waals surface area contributed by atoms with Gasteiger partial charge in [0.2, 0.25) is 0 Å². The smallest absolute Gasteiger partial charge is 0.0992 e. The highest BCUT2D eigenvalue weighted by Crippen LogP contribution is 2.29. The molecule has 108 valence electrons. The summed E-state index contributed by atoms with van der Waals surface area (Å²) in [4.78, 5) is 4.74. The van der Waals surface area contributed by atoms with Gasteiger partial charge in [-0.3, -0.25) is 4.90 Å². The van der Waals surface area contributed by atoms with Crippen molar-refractivity contribution in [1.29, 1.82) is 5.26 Å². The molecule has 0 amide bonds. The number of hydrogen-bond acceptors (Lipinski definition) is 4. The Morgan fingerprint density at radius 2 is 2.20 bits per heavy atom. The maximum absolute atomic E-state index is 9.94. The van der Waals surface area contributed by atoms with E-state index in [9.17, 15) is 5.11 Å². The van der Waals surface area contributed by atoms with Gasteiger partial charge in [-0.25, -0.2) is 0 Å². The number of rotatable bonds is 3. The highest BCUT2D eigenvalue weighted by molar-refractivity contribution is 5.59. The molecule has 0 bridgehead atoms. The van der Waals surface area contributed by atoms with Crippen LogP contribution in [0.2, 0.25) is 0 Å². The molecule has 1 heterocycles. The molecule has 4 nitrogen and oxygen atoms in total. The lowest BCUT2D eigenvalue weighted by atomic mass is 10.0. The number of hydrogen-bond donors (Lipinski definition) is 1. The monoisotopic (exact) mass is 273 g/mol. The second kappa shape index (κ2) is 6.25. The topological polar surface area (TPSA) is 50.5 Å². The van der Waals surface area contributed by atoms with Crippen LogP contribution in [0.1, 0.15) is 38.0 Å². The zero-order valence-electron chi connectivity index (χ0n) is 12.5. The quantitative estimate of drug-likeness (QED) is 0.916. The Balaban J connectivity index is 2.30. The Hall–Kier alpha value is -1.57. The third-order valence-corrected chi connectivity index (χ3v) is 4.12. The van der Waals surface area contributed by atoms with Gasteiger partial charge in [-0.1, -0.05) is 13.0 Å². The summed E-state index contributed by atoms with van der Waals surface area (Å²) in [6.45, 7) is 10.1. The summed E-state index contributed by atoms with van der Waals surface area (Å²) in [5, 5.41) is 19.0. The van der Waals surface area contributed by atoms with E-state index in [2.05, 4.69) is 29.7 Å². The highest BCUT2D eigenvalue weighted by Gasteiger charge is 2.24. The molecule has 1 fully saturated rings. The van der Waals surface area contributed by atoms with Gasteiger partial charge in [0, 0.05) is 36.9 Å². The van der Waals surface area contributed by atoms with E-state index in [0.717, 1.165) is 37.4 Å². The number of nitrogens with zero attached hydrogens (tertiary/aromatic N) is 3. The number of benzene rings is 1. The fraction of sp³-hybridized carbons (Fsp3) is 0.562. The molecule has 2 atom stereocenters. The first-order chi connectivity index (χ1) is 9.56. The van der Waals surface area contributed by atoms with Gasteiger partial charge >= 0.3 is 0 Å². The van der Waals surface area contributed by atoms with Gasteiger partial charge < -0.3 is 10.0 Å². The molecular formula is C16H23N3O. The molecule has 20 heavy (non-hydrogen) atoms. The van der Waals surface area contributed by atoms with Gasteiger partial charge in [-0.15, -0.1) is 0 Å². The molecule has 1 aromatic carbocycles. The summed E-state index contributed by atoms with van der Waals surface area (Å²) in [7, 11) is 0. The standard InChI is InChI=1S/C16H23N3O/c1-4-18-7-8-19(11-12(18)2)16-9-14(10-17)5-6-15(16)13(3)20/h5-6,9,12-13,20H,4,7-8,11H2,1-3H3/t12?,13-/m0/s1. The largest absolute Gasteiger partial charge is 0.389 e. The summed E-state index contributed by atoms with van der Waals surface area (Å²) in [6, 6.07) is 8.22. The lowest BCUT2D eigenvalue weighted by molar-refractivity contribution is 0.192. The first-order valence-electron chi connectivity index (χ1n) is 7.28. The minimum atomic E-state index is -0.516. The number of piperazine rings is 1. The molecule has 0 aromatic heterocycles. The summed E-state index contributed by atoms with van der Waals surface area (Å²) in [5.74, 6) is 0. The molecule has 1 unspecified atom stereocenters. The van der Waals surface area contributed by atoms with Crippen LogP contribution in [-0.2, 0) is 0 Å². The predicted octanol–water partition coefficient (Wildman–Crippen LogP) is 2.14. The van der Waals surface area contributed by atoms with Gasteiger partial charge in [0.1, 0.15) is 0 Å². The van der Waals surface area contributed by atoms with E-state index < -0.39 is 6.10 Å². The molecule has 0 aliphatic carbocycles. The van der Waals surface area contributed by atoms with Crippen LogP contribution < -0.4 is 4.90 Å². The number of anilines is 1. The van der Waals surface area contributed by atoms with E-state index in [1.54, 1.807) is 13.0 Å². The van der Waals surface area contributed by atoms with Crippen LogP contribution >= 0.6 is 0 Å². The van der Waals surface area contributed by atoms with E-state index >= 15 is 0 Å². The SMILES string of the molecule is CCN1CCN(c2cc(C#N)ccc2[C@H](C)O)CC1C. The van der Waals surface area contributed by atoms with Crippen molar-refractivity contribution < 1.29 is 5.11 Å². The van der Waals surface area contributed by atoms with Gasteiger partial charge in [-0.05, 0) is 32.5 Å². The molecule has 1 aliphatic heterocycles. The average molecular weight is 273 g/mol. The molecule has 1 N–H and O–H groups in total. The van der Waals surface area contributed by atoms with Crippen molar-refractivity contribution in [2.24, 2.45) is 0 Å². The number of aliphatic hydroxyl groups excluding tert-OH is 1. The van der Waals surface area contributed by atoms with E-state index in [1.807, 2.05) is 12.1 Å². The van der Waals surface area contributed by atoms with E-state index in [0.29, 0.717) is 11.6 Å². The van der Waals surface area contributed by atoms with Crippen LogP contribution in [0.15, 0.2) is 18.2 Å².